The van der Waals surface area contributed by atoms with Gasteiger partial charge in [0.15, 0.2) is 0 Å². The zero-order chi connectivity index (χ0) is 14.6. The van der Waals surface area contributed by atoms with Gasteiger partial charge in [-0.15, -0.1) is 0 Å². The molecular formula is C14H18BrCl2NO. The van der Waals surface area contributed by atoms with Gasteiger partial charge in [-0.05, 0) is 24.0 Å². The van der Waals surface area contributed by atoms with Crippen LogP contribution in [0.4, 0.5) is 0 Å². The Bertz CT molecular complexity index is 457. The number of nitrogens with one attached hydrogen (secondary N) is 1. The number of amides is 1. The number of carbonyl (C=O) groups excluding carboxylic acids is 1. The number of benzene rings is 1. The summed E-state index contributed by atoms with van der Waals surface area (Å²) in [5.41, 5.74) is 0.395. The van der Waals surface area contributed by atoms with Crippen molar-refractivity contribution in [1.29, 1.82) is 0 Å². The average molecular weight is 367 g/mol. The van der Waals surface area contributed by atoms with Crippen LogP contribution in [0.5, 0.6) is 0 Å². The molecule has 1 unspecified atom stereocenters. The Balaban J connectivity index is 2.91. The molecule has 0 aliphatic rings. The van der Waals surface area contributed by atoms with Gasteiger partial charge in [0.2, 0.25) is 0 Å². The topological polar surface area (TPSA) is 29.1 Å². The fraction of sp³-hybridized carbons (Fsp3) is 0.500. The van der Waals surface area contributed by atoms with Crippen LogP contribution in [0, 0.1) is 5.41 Å². The smallest absolute Gasteiger partial charge is 0.253 e. The largest absolute Gasteiger partial charge is 0.349 e. The summed E-state index contributed by atoms with van der Waals surface area (Å²) < 4.78 is 0. The lowest BCUT2D eigenvalue weighted by Gasteiger charge is -2.31. The molecule has 1 N–H and O–H groups in total. The predicted molar refractivity (Wildman–Crippen MR) is 85.6 cm³/mol. The molecule has 1 aromatic carbocycles. The number of hydrogen-bond acceptors (Lipinski definition) is 1. The van der Waals surface area contributed by atoms with Crippen molar-refractivity contribution in [3.63, 3.8) is 0 Å². The van der Waals surface area contributed by atoms with Gasteiger partial charge in [-0.25, -0.2) is 0 Å². The van der Waals surface area contributed by atoms with Crippen molar-refractivity contribution >= 4 is 45.0 Å². The third-order valence-corrected chi connectivity index (χ3v) is 4.22. The SMILES string of the molecule is CC(C)(C)C(CCBr)NC(=O)c1cccc(Cl)c1Cl. The molecule has 0 bridgehead atoms. The lowest BCUT2D eigenvalue weighted by Crippen LogP contribution is -2.44. The lowest BCUT2D eigenvalue weighted by atomic mass is 9.85. The second-order valence-corrected chi connectivity index (χ2v) is 7.05. The minimum Gasteiger partial charge on any atom is -0.349 e. The third kappa shape index (κ3) is 4.66. The number of halogens is 3. The molecule has 1 aromatic rings. The van der Waals surface area contributed by atoms with Crippen molar-refractivity contribution in [3.05, 3.63) is 33.8 Å². The molecule has 1 atom stereocenters. The van der Waals surface area contributed by atoms with Gasteiger partial charge in [0.1, 0.15) is 0 Å². The van der Waals surface area contributed by atoms with Crippen molar-refractivity contribution in [2.24, 2.45) is 5.41 Å². The summed E-state index contributed by atoms with van der Waals surface area (Å²) >= 11 is 15.4. The van der Waals surface area contributed by atoms with Crippen molar-refractivity contribution in [3.8, 4) is 0 Å². The molecule has 0 spiro atoms. The van der Waals surface area contributed by atoms with Gasteiger partial charge in [-0.2, -0.15) is 0 Å². The molecule has 0 aliphatic heterocycles. The number of carbonyl (C=O) groups is 1. The summed E-state index contributed by atoms with van der Waals surface area (Å²) in [6, 6.07) is 5.13. The van der Waals surface area contributed by atoms with Crippen LogP contribution in [0.3, 0.4) is 0 Å². The molecule has 1 amide bonds. The van der Waals surface area contributed by atoms with Crippen LogP contribution < -0.4 is 5.32 Å². The molecule has 0 fully saturated rings. The van der Waals surface area contributed by atoms with Crippen LogP contribution in [0.1, 0.15) is 37.6 Å². The van der Waals surface area contributed by atoms with Gasteiger partial charge in [0, 0.05) is 11.4 Å². The first-order chi connectivity index (χ1) is 8.77. The Hall–Kier alpha value is -0.250. The highest BCUT2D eigenvalue weighted by Gasteiger charge is 2.26. The molecule has 0 heterocycles. The molecule has 0 radical (unpaired) electrons. The maximum Gasteiger partial charge on any atom is 0.253 e. The van der Waals surface area contributed by atoms with E-state index in [-0.39, 0.29) is 17.4 Å². The van der Waals surface area contributed by atoms with Crippen LogP contribution in [-0.2, 0) is 0 Å². The van der Waals surface area contributed by atoms with E-state index in [0.717, 1.165) is 11.8 Å². The molecule has 0 saturated heterocycles. The van der Waals surface area contributed by atoms with E-state index in [1.807, 2.05) is 0 Å². The van der Waals surface area contributed by atoms with Gasteiger partial charge in [-0.1, -0.05) is 66.0 Å². The van der Waals surface area contributed by atoms with E-state index < -0.39 is 0 Å². The maximum absolute atomic E-state index is 12.3. The van der Waals surface area contributed by atoms with Crippen LogP contribution in [0.25, 0.3) is 0 Å². The van der Waals surface area contributed by atoms with E-state index in [0.29, 0.717) is 15.6 Å². The second-order valence-electron chi connectivity index (χ2n) is 5.47. The minimum atomic E-state index is -0.187. The van der Waals surface area contributed by atoms with E-state index in [4.69, 9.17) is 23.2 Å². The zero-order valence-electron chi connectivity index (χ0n) is 11.3. The van der Waals surface area contributed by atoms with Gasteiger partial charge in [0.25, 0.3) is 5.91 Å². The highest BCUT2D eigenvalue weighted by Crippen LogP contribution is 2.27. The summed E-state index contributed by atoms with van der Waals surface area (Å²) in [6.45, 7) is 6.29. The standard InChI is InChI=1S/C14H18BrCl2NO/c1-14(2,3)11(7-8-15)18-13(19)9-5-4-6-10(16)12(9)17/h4-6,11H,7-8H2,1-3H3,(H,18,19). The Morgan fingerprint density at radius 1 is 1.37 bits per heavy atom. The Morgan fingerprint density at radius 2 is 2.00 bits per heavy atom. The monoisotopic (exact) mass is 365 g/mol. The van der Waals surface area contributed by atoms with Gasteiger partial charge < -0.3 is 5.32 Å². The van der Waals surface area contributed by atoms with Crippen LogP contribution >= 0.6 is 39.1 Å². The first-order valence-electron chi connectivity index (χ1n) is 6.08. The lowest BCUT2D eigenvalue weighted by molar-refractivity contribution is 0.0901. The molecule has 5 heteroatoms. The molecule has 106 valence electrons. The highest BCUT2D eigenvalue weighted by molar-refractivity contribution is 9.09. The normalized spacial score (nSPS) is 13.2. The van der Waals surface area contributed by atoms with Crippen molar-refractivity contribution in [1.82, 2.24) is 5.32 Å². The van der Waals surface area contributed by atoms with Crippen LogP contribution in [-0.4, -0.2) is 17.3 Å². The van der Waals surface area contributed by atoms with E-state index in [1.165, 1.54) is 0 Å². The molecule has 1 rings (SSSR count). The summed E-state index contributed by atoms with van der Waals surface area (Å²) in [6.07, 6.45) is 0.855. The summed E-state index contributed by atoms with van der Waals surface area (Å²) in [5.74, 6) is -0.187. The van der Waals surface area contributed by atoms with Gasteiger partial charge in [0.05, 0.1) is 15.6 Å². The molecule has 0 saturated carbocycles. The first-order valence-corrected chi connectivity index (χ1v) is 7.96. The van der Waals surface area contributed by atoms with Gasteiger partial charge in [-0.3, -0.25) is 4.79 Å². The first kappa shape index (κ1) is 16.8. The molecule has 2 nitrogen and oxygen atoms in total. The molecule has 19 heavy (non-hydrogen) atoms. The molecule has 0 aliphatic carbocycles. The van der Waals surface area contributed by atoms with Crippen molar-refractivity contribution in [2.45, 2.75) is 33.2 Å². The average Bonchev–Trinajstić information content (AvgIpc) is 2.30. The highest BCUT2D eigenvalue weighted by atomic mass is 79.9. The van der Waals surface area contributed by atoms with E-state index in [2.05, 4.69) is 42.0 Å². The van der Waals surface area contributed by atoms with E-state index >= 15 is 0 Å². The number of hydrogen-bond donors (Lipinski definition) is 1. The van der Waals surface area contributed by atoms with E-state index in [1.54, 1.807) is 18.2 Å². The fourth-order valence-electron chi connectivity index (χ4n) is 1.75. The predicted octanol–water partition coefficient (Wildman–Crippen LogP) is 4.92. The third-order valence-electron chi connectivity index (χ3n) is 2.94. The Kier molecular flexibility index (Phi) is 6.15. The summed E-state index contributed by atoms with van der Waals surface area (Å²) in [5, 5.41) is 4.55. The van der Waals surface area contributed by atoms with E-state index in [9.17, 15) is 4.79 Å². The minimum absolute atomic E-state index is 0.0194. The maximum atomic E-state index is 12.3. The number of alkyl halides is 1. The van der Waals surface area contributed by atoms with Crippen LogP contribution in [0.2, 0.25) is 10.0 Å². The zero-order valence-corrected chi connectivity index (χ0v) is 14.4. The van der Waals surface area contributed by atoms with Crippen LogP contribution in [0.15, 0.2) is 18.2 Å². The summed E-state index contributed by atoms with van der Waals surface area (Å²) in [4.78, 5) is 12.3. The second kappa shape index (κ2) is 6.96. The summed E-state index contributed by atoms with van der Waals surface area (Å²) in [7, 11) is 0. The molecular weight excluding hydrogens is 349 g/mol. The fourth-order valence-corrected chi connectivity index (χ4v) is 2.59. The molecule has 0 aromatic heterocycles. The Morgan fingerprint density at radius 3 is 2.53 bits per heavy atom. The van der Waals surface area contributed by atoms with Crippen molar-refractivity contribution in [2.75, 3.05) is 5.33 Å². The van der Waals surface area contributed by atoms with Gasteiger partial charge >= 0.3 is 0 Å². The quantitative estimate of drug-likeness (QED) is 0.752. The Labute approximate surface area is 133 Å². The van der Waals surface area contributed by atoms with Crippen molar-refractivity contribution < 1.29 is 4.79 Å². The number of rotatable bonds is 4.